The summed E-state index contributed by atoms with van der Waals surface area (Å²) in [4.78, 5) is 7.31. The van der Waals surface area contributed by atoms with Gasteiger partial charge in [-0.05, 0) is 45.2 Å². The zero-order valence-corrected chi connectivity index (χ0v) is 13.6. The summed E-state index contributed by atoms with van der Waals surface area (Å²) in [5.41, 5.74) is 3.49. The lowest BCUT2D eigenvalue weighted by molar-refractivity contribution is 0.207. The topological polar surface area (TPSA) is 37.4 Å². The molecule has 3 heterocycles. The van der Waals surface area contributed by atoms with Crippen molar-refractivity contribution < 1.29 is 4.74 Å². The molecule has 4 nitrogen and oxygen atoms in total. The first-order chi connectivity index (χ1) is 10.2. The van der Waals surface area contributed by atoms with E-state index in [1.165, 1.54) is 37.3 Å². The maximum atomic E-state index is 5.54. The monoisotopic (exact) mass is 289 g/mol. The first-order valence-electron chi connectivity index (χ1n) is 8.09. The molecule has 21 heavy (non-hydrogen) atoms. The summed E-state index contributed by atoms with van der Waals surface area (Å²) in [7, 11) is 1.75. The van der Waals surface area contributed by atoms with Crippen molar-refractivity contribution in [3.05, 3.63) is 23.0 Å². The van der Waals surface area contributed by atoms with Crippen LogP contribution in [0, 0.1) is 25.7 Å². The summed E-state index contributed by atoms with van der Waals surface area (Å²) in [5.74, 6) is 2.64. The van der Waals surface area contributed by atoms with Gasteiger partial charge in [0.15, 0.2) is 0 Å². The number of hydrogen-bond donors (Lipinski definition) is 1. The molecule has 2 aliphatic heterocycles. The normalized spacial score (nSPS) is 28.9. The number of nitrogens with one attached hydrogen (secondary N) is 1. The second-order valence-corrected chi connectivity index (χ2v) is 6.53. The number of ether oxygens (including phenoxy) is 1. The van der Waals surface area contributed by atoms with Crippen molar-refractivity contribution in [2.75, 3.05) is 26.7 Å². The van der Waals surface area contributed by atoms with Crippen molar-refractivity contribution in [2.24, 2.45) is 11.8 Å². The lowest BCUT2D eigenvalue weighted by Gasteiger charge is -2.27. The maximum absolute atomic E-state index is 5.54. The predicted molar refractivity (Wildman–Crippen MR) is 84.6 cm³/mol. The SMILES string of the molecule is CCC1C2CNCC2CN1Cc1ncc(C)c(OC)c1C. The van der Waals surface area contributed by atoms with Crippen LogP contribution in [0.15, 0.2) is 6.20 Å². The molecule has 1 aromatic rings. The van der Waals surface area contributed by atoms with Crippen LogP contribution in [0.1, 0.15) is 30.2 Å². The third-order valence-electron chi connectivity index (χ3n) is 5.35. The fraction of sp³-hybridized carbons (Fsp3) is 0.706. The van der Waals surface area contributed by atoms with Gasteiger partial charge in [-0.15, -0.1) is 0 Å². The first-order valence-corrected chi connectivity index (χ1v) is 8.09. The molecule has 1 N–H and O–H groups in total. The van der Waals surface area contributed by atoms with Gasteiger partial charge in [0.25, 0.3) is 0 Å². The molecule has 0 bridgehead atoms. The minimum Gasteiger partial charge on any atom is -0.496 e. The fourth-order valence-corrected chi connectivity index (χ4v) is 4.28. The van der Waals surface area contributed by atoms with Gasteiger partial charge in [-0.2, -0.15) is 0 Å². The van der Waals surface area contributed by atoms with Crippen LogP contribution >= 0.6 is 0 Å². The Hall–Kier alpha value is -1.13. The number of likely N-dealkylation sites (tertiary alicyclic amines) is 1. The average Bonchev–Trinajstić information content (AvgIpc) is 3.02. The molecular formula is C17H27N3O. The quantitative estimate of drug-likeness (QED) is 0.921. The molecule has 2 fully saturated rings. The Morgan fingerprint density at radius 1 is 1.38 bits per heavy atom. The van der Waals surface area contributed by atoms with Crippen molar-refractivity contribution in [3.63, 3.8) is 0 Å². The third-order valence-corrected chi connectivity index (χ3v) is 5.35. The van der Waals surface area contributed by atoms with E-state index in [-0.39, 0.29) is 0 Å². The van der Waals surface area contributed by atoms with E-state index in [1.807, 2.05) is 6.20 Å². The van der Waals surface area contributed by atoms with E-state index in [0.717, 1.165) is 29.7 Å². The van der Waals surface area contributed by atoms with Gasteiger partial charge < -0.3 is 10.1 Å². The van der Waals surface area contributed by atoms with Gasteiger partial charge >= 0.3 is 0 Å². The highest BCUT2D eigenvalue weighted by Crippen LogP contribution is 2.36. The summed E-state index contributed by atoms with van der Waals surface area (Å²) < 4.78 is 5.54. The Morgan fingerprint density at radius 2 is 2.19 bits per heavy atom. The molecule has 0 aromatic carbocycles. The van der Waals surface area contributed by atoms with Gasteiger partial charge in [-0.1, -0.05) is 6.92 Å². The van der Waals surface area contributed by atoms with Crippen LogP contribution in [0.2, 0.25) is 0 Å². The molecule has 3 unspecified atom stereocenters. The minimum absolute atomic E-state index is 0.693. The van der Waals surface area contributed by atoms with Crippen LogP contribution in [0.25, 0.3) is 0 Å². The lowest BCUT2D eigenvalue weighted by atomic mass is 9.93. The molecule has 0 aliphatic carbocycles. The number of nitrogens with zero attached hydrogens (tertiary/aromatic N) is 2. The molecule has 3 rings (SSSR count). The second-order valence-electron chi connectivity index (χ2n) is 6.53. The van der Waals surface area contributed by atoms with Gasteiger partial charge in [-0.3, -0.25) is 9.88 Å². The highest BCUT2D eigenvalue weighted by atomic mass is 16.5. The van der Waals surface area contributed by atoms with E-state index < -0.39 is 0 Å². The van der Waals surface area contributed by atoms with E-state index in [4.69, 9.17) is 4.74 Å². The van der Waals surface area contributed by atoms with E-state index in [0.29, 0.717) is 6.04 Å². The van der Waals surface area contributed by atoms with Crippen molar-refractivity contribution >= 4 is 0 Å². The molecule has 2 aliphatic rings. The smallest absolute Gasteiger partial charge is 0.128 e. The van der Waals surface area contributed by atoms with Gasteiger partial charge in [0.1, 0.15) is 5.75 Å². The summed E-state index contributed by atoms with van der Waals surface area (Å²) in [6.45, 7) is 11.0. The Morgan fingerprint density at radius 3 is 2.90 bits per heavy atom. The van der Waals surface area contributed by atoms with Crippen LogP contribution in [0.5, 0.6) is 5.75 Å². The summed E-state index contributed by atoms with van der Waals surface area (Å²) in [6, 6.07) is 0.693. The Balaban J connectivity index is 1.81. The Kier molecular flexibility index (Phi) is 4.18. The van der Waals surface area contributed by atoms with E-state index in [9.17, 15) is 0 Å². The Bertz CT molecular complexity index is 517. The number of fused-ring (bicyclic) bond motifs is 1. The second kappa shape index (κ2) is 5.93. The molecule has 2 saturated heterocycles. The third kappa shape index (κ3) is 2.55. The minimum atomic E-state index is 0.693. The number of methoxy groups -OCH3 is 1. The summed E-state index contributed by atoms with van der Waals surface area (Å²) in [5, 5.41) is 3.55. The van der Waals surface area contributed by atoms with Gasteiger partial charge in [0.05, 0.1) is 12.8 Å². The van der Waals surface area contributed by atoms with Crippen molar-refractivity contribution in [1.82, 2.24) is 15.2 Å². The van der Waals surface area contributed by atoms with E-state index >= 15 is 0 Å². The largest absolute Gasteiger partial charge is 0.496 e. The highest BCUT2D eigenvalue weighted by molar-refractivity contribution is 5.41. The molecule has 0 amide bonds. The first kappa shape index (κ1) is 14.8. The lowest BCUT2D eigenvalue weighted by Crippen LogP contribution is -2.35. The van der Waals surface area contributed by atoms with Crippen LogP contribution < -0.4 is 10.1 Å². The highest BCUT2D eigenvalue weighted by Gasteiger charge is 2.43. The molecule has 4 heteroatoms. The van der Waals surface area contributed by atoms with Crippen molar-refractivity contribution in [3.8, 4) is 5.75 Å². The van der Waals surface area contributed by atoms with Gasteiger partial charge in [0, 0.05) is 36.5 Å². The number of aryl methyl sites for hydroxylation is 1. The fourth-order valence-electron chi connectivity index (χ4n) is 4.28. The van der Waals surface area contributed by atoms with Crippen molar-refractivity contribution in [1.29, 1.82) is 0 Å². The number of pyridine rings is 1. The maximum Gasteiger partial charge on any atom is 0.128 e. The molecule has 0 spiro atoms. The van der Waals surface area contributed by atoms with Gasteiger partial charge in [-0.25, -0.2) is 0 Å². The molecule has 0 radical (unpaired) electrons. The Labute approximate surface area is 127 Å². The molecule has 116 valence electrons. The molecular weight excluding hydrogens is 262 g/mol. The van der Waals surface area contributed by atoms with Crippen molar-refractivity contribution in [2.45, 2.75) is 39.8 Å². The average molecular weight is 289 g/mol. The predicted octanol–water partition coefficient (Wildman–Crippen LogP) is 2.14. The molecule has 1 aromatic heterocycles. The van der Waals surface area contributed by atoms with Crippen LogP contribution in [0.3, 0.4) is 0 Å². The van der Waals surface area contributed by atoms with Crippen LogP contribution in [0.4, 0.5) is 0 Å². The van der Waals surface area contributed by atoms with Crippen LogP contribution in [-0.2, 0) is 6.54 Å². The summed E-state index contributed by atoms with van der Waals surface area (Å²) in [6.07, 6.45) is 3.17. The van der Waals surface area contributed by atoms with E-state index in [2.05, 4.69) is 36.0 Å². The number of hydrogen-bond acceptors (Lipinski definition) is 4. The van der Waals surface area contributed by atoms with Gasteiger partial charge in [0.2, 0.25) is 0 Å². The molecule has 3 atom stereocenters. The number of aromatic nitrogens is 1. The standard InChI is InChI=1S/C17H27N3O/c1-5-16-14-8-18-7-13(14)9-20(16)10-15-12(3)17(21-4)11(2)6-19-15/h6,13-14,16,18H,5,7-10H2,1-4H3. The van der Waals surface area contributed by atoms with E-state index in [1.54, 1.807) is 7.11 Å². The zero-order chi connectivity index (χ0) is 15.0. The zero-order valence-electron chi connectivity index (χ0n) is 13.6. The molecule has 0 saturated carbocycles. The number of rotatable bonds is 4. The van der Waals surface area contributed by atoms with Crippen LogP contribution in [-0.4, -0.2) is 42.7 Å². The summed E-state index contributed by atoms with van der Waals surface area (Å²) >= 11 is 0.